The molecule has 0 radical (unpaired) electrons. The monoisotopic (exact) mass is 220 g/mol. The first-order chi connectivity index (χ1) is 7.66. The van der Waals surface area contributed by atoms with E-state index in [2.05, 4.69) is 5.43 Å². The van der Waals surface area contributed by atoms with Crippen LogP contribution in [0.4, 0.5) is 5.69 Å². The lowest BCUT2D eigenvalue weighted by Gasteiger charge is -2.21. The quantitative estimate of drug-likeness (QED) is 0.843. The zero-order chi connectivity index (χ0) is 11.5. The van der Waals surface area contributed by atoms with E-state index in [1.54, 1.807) is 0 Å². The van der Waals surface area contributed by atoms with Gasteiger partial charge < -0.3 is 4.74 Å². The second kappa shape index (κ2) is 4.43. The van der Waals surface area contributed by atoms with E-state index in [9.17, 15) is 4.79 Å². The summed E-state index contributed by atoms with van der Waals surface area (Å²) < 4.78 is 5.70. The summed E-state index contributed by atoms with van der Waals surface area (Å²) in [6, 6.07) is 7.73. The molecule has 1 fully saturated rings. The fourth-order valence-electron chi connectivity index (χ4n) is 1.69. The van der Waals surface area contributed by atoms with Crippen LogP contribution in [0.2, 0.25) is 0 Å². The fraction of sp³-hybridized carbons (Fsp3) is 0.417. The van der Waals surface area contributed by atoms with Crippen LogP contribution >= 0.6 is 0 Å². The third kappa shape index (κ3) is 2.27. The molecule has 0 aliphatic carbocycles. The zero-order valence-electron chi connectivity index (χ0n) is 9.56. The molecule has 1 aliphatic rings. The Bertz CT molecular complexity index is 390. The van der Waals surface area contributed by atoms with Gasteiger partial charge in [0.1, 0.15) is 5.75 Å². The first-order valence-electron chi connectivity index (χ1n) is 5.49. The lowest BCUT2D eigenvalue weighted by Crippen LogP contribution is -2.33. The van der Waals surface area contributed by atoms with Gasteiger partial charge in [-0.3, -0.25) is 15.2 Å². The maximum Gasteiger partial charge on any atom is 0.240 e. The van der Waals surface area contributed by atoms with Crippen LogP contribution < -0.4 is 15.2 Å². The first-order valence-corrected chi connectivity index (χ1v) is 5.49. The van der Waals surface area contributed by atoms with Gasteiger partial charge in [-0.1, -0.05) is 12.1 Å². The van der Waals surface area contributed by atoms with Crippen LogP contribution in [0.3, 0.4) is 0 Å². The molecule has 1 amide bonds. The van der Waals surface area contributed by atoms with Crippen LogP contribution in [0.25, 0.3) is 0 Å². The standard InChI is InChI=1S/C12H16N2O2/c1-9(2)16-11-6-4-3-5-10(11)14-8-7-12(15)13-14/h3-6,9H,7-8H2,1-2H3,(H,13,15). The van der Waals surface area contributed by atoms with E-state index >= 15 is 0 Å². The Labute approximate surface area is 95.2 Å². The SMILES string of the molecule is CC(C)Oc1ccccc1N1CCC(=O)N1. The molecule has 0 spiro atoms. The molecule has 1 heterocycles. The largest absolute Gasteiger partial charge is 0.489 e. The van der Waals surface area contributed by atoms with Crippen molar-refractivity contribution in [1.82, 2.24) is 5.43 Å². The maximum atomic E-state index is 11.2. The van der Waals surface area contributed by atoms with Gasteiger partial charge in [0.25, 0.3) is 0 Å². The van der Waals surface area contributed by atoms with Crippen molar-refractivity contribution in [1.29, 1.82) is 0 Å². The van der Waals surface area contributed by atoms with Gasteiger partial charge in [0.15, 0.2) is 0 Å². The third-order valence-electron chi connectivity index (χ3n) is 2.34. The molecular weight excluding hydrogens is 204 g/mol. The maximum absolute atomic E-state index is 11.2. The number of benzene rings is 1. The number of carbonyl (C=O) groups is 1. The average Bonchev–Trinajstić information content (AvgIpc) is 2.65. The number of nitrogens with zero attached hydrogens (tertiary/aromatic N) is 1. The Kier molecular flexibility index (Phi) is 2.99. The second-order valence-corrected chi connectivity index (χ2v) is 4.07. The van der Waals surface area contributed by atoms with Gasteiger partial charge in [-0.05, 0) is 26.0 Å². The lowest BCUT2D eigenvalue weighted by atomic mass is 10.2. The molecular formula is C12H16N2O2. The molecule has 1 saturated heterocycles. The van der Waals surface area contributed by atoms with Gasteiger partial charge in [-0.15, -0.1) is 0 Å². The highest BCUT2D eigenvalue weighted by Gasteiger charge is 2.21. The zero-order valence-corrected chi connectivity index (χ0v) is 9.56. The highest BCUT2D eigenvalue weighted by molar-refractivity contribution is 5.82. The van der Waals surface area contributed by atoms with Crippen molar-refractivity contribution in [2.45, 2.75) is 26.4 Å². The van der Waals surface area contributed by atoms with E-state index < -0.39 is 0 Å². The van der Waals surface area contributed by atoms with Crippen molar-refractivity contribution < 1.29 is 9.53 Å². The molecule has 1 aliphatic heterocycles. The second-order valence-electron chi connectivity index (χ2n) is 4.07. The number of nitrogens with one attached hydrogen (secondary N) is 1. The summed E-state index contributed by atoms with van der Waals surface area (Å²) in [4.78, 5) is 11.2. The normalized spacial score (nSPS) is 15.4. The van der Waals surface area contributed by atoms with Gasteiger partial charge in [-0.25, -0.2) is 0 Å². The molecule has 1 aromatic carbocycles. The predicted molar refractivity (Wildman–Crippen MR) is 62.3 cm³/mol. The van der Waals surface area contributed by atoms with Gasteiger partial charge in [-0.2, -0.15) is 0 Å². The number of hydrogen-bond donors (Lipinski definition) is 1. The van der Waals surface area contributed by atoms with Crippen LogP contribution in [-0.2, 0) is 4.79 Å². The van der Waals surface area contributed by atoms with Gasteiger partial charge in [0, 0.05) is 13.0 Å². The third-order valence-corrected chi connectivity index (χ3v) is 2.34. The highest BCUT2D eigenvalue weighted by atomic mass is 16.5. The van der Waals surface area contributed by atoms with E-state index in [0.29, 0.717) is 13.0 Å². The molecule has 1 aromatic rings. The summed E-state index contributed by atoms with van der Waals surface area (Å²) in [5, 5.41) is 1.83. The van der Waals surface area contributed by atoms with Crippen molar-refractivity contribution in [3.63, 3.8) is 0 Å². The van der Waals surface area contributed by atoms with Crippen LogP contribution in [0.15, 0.2) is 24.3 Å². The summed E-state index contributed by atoms with van der Waals surface area (Å²) in [5.74, 6) is 0.860. The molecule has 0 atom stereocenters. The molecule has 0 saturated carbocycles. The Morgan fingerprint density at radius 2 is 2.12 bits per heavy atom. The number of anilines is 1. The highest BCUT2D eigenvalue weighted by Crippen LogP contribution is 2.29. The lowest BCUT2D eigenvalue weighted by molar-refractivity contribution is -0.119. The average molecular weight is 220 g/mol. The number of para-hydroxylation sites is 2. The van der Waals surface area contributed by atoms with Gasteiger partial charge in [0.05, 0.1) is 11.8 Å². The Balaban J connectivity index is 2.22. The topological polar surface area (TPSA) is 41.6 Å². The number of amides is 1. The van der Waals surface area contributed by atoms with Crippen molar-refractivity contribution in [2.24, 2.45) is 0 Å². The summed E-state index contributed by atoms with van der Waals surface area (Å²) in [6.45, 7) is 4.66. The molecule has 4 heteroatoms. The van der Waals surface area contributed by atoms with Crippen molar-refractivity contribution in [2.75, 3.05) is 11.6 Å². The van der Waals surface area contributed by atoms with Gasteiger partial charge >= 0.3 is 0 Å². The Hall–Kier alpha value is -1.71. The number of carbonyl (C=O) groups excluding carboxylic acids is 1. The molecule has 0 bridgehead atoms. The fourth-order valence-corrected chi connectivity index (χ4v) is 1.69. The number of ether oxygens (including phenoxy) is 1. The van der Waals surface area contributed by atoms with Gasteiger partial charge in [0.2, 0.25) is 5.91 Å². The number of rotatable bonds is 3. The Morgan fingerprint density at radius 1 is 1.38 bits per heavy atom. The predicted octanol–water partition coefficient (Wildman–Crippen LogP) is 1.72. The molecule has 4 nitrogen and oxygen atoms in total. The van der Waals surface area contributed by atoms with Crippen LogP contribution in [-0.4, -0.2) is 18.6 Å². The van der Waals surface area contributed by atoms with E-state index in [1.807, 2.05) is 43.1 Å². The van der Waals surface area contributed by atoms with E-state index in [-0.39, 0.29) is 12.0 Å². The molecule has 86 valence electrons. The van der Waals surface area contributed by atoms with E-state index in [0.717, 1.165) is 11.4 Å². The summed E-state index contributed by atoms with van der Waals surface area (Å²) in [6.07, 6.45) is 0.662. The summed E-state index contributed by atoms with van der Waals surface area (Å²) in [7, 11) is 0. The minimum absolute atomic E-state index is 0.0550. The van der Waals surface area contributed by atoms with Crippen molar-refractivity contribution >= 4 is 11.6 Å². The summed E-state index contributed by atoms with van der Waals surface area (Å²) in [5.41, 5.74) is 3.72. The number of hydrogen-bond acceptors (Lipinski definition) is 3. The minimum atomic E-state index is 0.0550. The molecule has 2 rings (SSSR count). The van der Waals surface area contributed by atoms with Crippen molar-refractivity contribution in [3.8, 4) is 5.75 Å². The van der Waals surface area contributed by atoms with Crippen LogP contribution in [0, 0.1) is 0 Å². The number of hydrazine groups is 1. The molecule has 16 heavy (non-hydrogen) atoms. The van der Waals surface area contributed by atoms with E-state index in [1.165, 1.54) is 0 Å². The van der Waals surface area contributed by atoms with Crippen molar-refractivity contribution in [3.05, 3.63) is 24.3 Å². The first kappa shape index (κ1) is 10.8. The Morgan fingerprint density at radius 3 is 2.75 bits per heavy atom. The molecule has 0 aromatic heterocycles. The van der Waals surface area contributed by atoms with Crippen LogP contribution in [0.1, 0.15) is 20.3 Å². The summed E-state index contributed by atoms with van der Waals surface area (Å²) >= 11 is 0. The minimum Gasteiger partial charge on any atom is -0.489 e. The van der Waals surface area contributed by atoms with Crippen LogP contribution in [0.5, 0.6) is 5.75 Å². The van der Waals surface area contributed by atoms with E-state index in [4.69, 9.17) is 4.74 Å². The molecule has 0 unspecified atom stereocenters. The smallest absolute Gasteiger partial charge is 0.240 e. The molecule has 1 N–H and O–H groups in total.